The van der Waals surface area contributed by atoms with Crippen LogP contribution in [0, 0.1) is 6.85 Å². The van der Waals surface area contributed by atoms with Gasteiger partial charge in [0, 0.05) is 51.7 Å². The molecule has 60 heavy (non-hydrogen) atoms. The van der Waals surface area contributed by atoms with E-state index in [1.807, 2.05) is 88.3 Å². The van der Waals surface area contributed by atoms with E-state index in [0.29, 0.717) is 22.7 Å². The Balaban J connectivity index is 1.25. The van der Waals surface area contributed by atoms with Crippen LogP contribution in [-0.4, -0.2) is 20.5 Å². The lowest BCUT2D eigenvalue weighted by atomic mass is 9.83. The van der Waals surface area contributed by atoms with E-state index in [2.05, 4.69) is 103 Å². The van der Waals surface area contributed by atoms with E-state index in [4.69, 9.17) is 24.3 Å². The number of rotatable bonds is 6. The molecule has 0 atom stereocenters. The summed E-state index contributed by atoms with van der Waals surface area (Å²) in [5.74, 6) is 2.03. The van der Waals surface area contributed by atoms with Crippen molar-refractivity contribution in [3.05, 3.63) is 162 Å². The summed E-state index contributed by atoms with van der Waals surface area (Å²) in [6.45, 7) is 16.4. The second-order valence-electron chi connectivity index (χ2n) is 18.6. The third-order valence-corrected chi connectivity index (χ3v) is 11.1. The average Bonchev–Trinajstić information content (AvgIpc) is 3.80. The first kappa shape index (κ1) is 31.3. The topological polar surface area (TPSA) is 46.0 Å². The van der Waals surface area contributed by atoms with Crippen molar-refractivity contribution in [2.24, 2.45) is 0 Å². The van der Waals surface area contributed by atoms with E-state index in [0.717, 1.165) is 55.9 Å². The molecular weight excluding hydrogens is 735 g/mol. The number of hydrogen-bond donors (Lipinski definition) is 0. The average molecular weight is 795 g/mol. The molecule has 0 aliphatic carbocycles. The van der Waals surface area contributed by atoms with Gasteiger partial charge in [0.15, 0.2) is 0 Å². The van der Waals surface area contributed by atoms with Crippen LogP contribution in [0.1, 0.15) is 94.2 Å². The van der Waals surface area contributed by atoms with E-state index in [9.17, 15) is 0 Å². The standard InChI is InChI=1S/C54H53N5O/c1-35-20-22-36(23-21-35)42-15-13-16-44(54(8,9)10)51(42)58-34-57(45-17-11-12-18-46(45)58)39-29-38(53(5,6)7)30-41(32-39)60-40-24-25-43-48(33-40)59(47-19-14-27-56-50(43)47)49-31-37(26-28-55-49)52(2,3)4/h11-33H,1-10H3/q+2/i1D3,20D,21D,22D,23D. The minimum atomic E-state index is -2.84. The summed E-state index contributed by atoms with van der Waals surface area (Å²) < 4.78 is 72.9. The zero-order valence-electron chi connectivity index (χ0n) is 42.6. The van der Waals surface area contributed by atoms with Gasteiger partial charge in [0.1, 0.15) is 17.3 Å². The largest absolute Gasteiger partial charge is 0.503 e. The summed E-state index contributed by atoms with van der Waals surface area (Å²) in [7, 11) is 0. The fraction of sp³-hybridized carbons (Fsp3) is 0.241. The van der Waals surface area contributed by atoms with Gasteiger partial charge in [-0.1, -0.05) is 116 Å². The molecule has 0 bridgehead atoms. The molecule has 0 radical (unpaired) electrons. The normalized spacial score (nSPS) is 15.0. The number of hydrogen-bond acceptors (Lipinski definition) is 3. The van der Waals surface area contributed by atoms with Gasteiger partial charge in [-0.3, -0.25) is 9.55 Å². The Morgan fingerprint density at radius 3 is 2.10 bits per heavy atom. The lowest BCUT2D eigenvalue weighted by molar-refractivity contribution is 0.479. The Bertz CT molecular complexity index is 3390. The first-order valence-corrected chi connectivity index (χ1v) is 20.3. The molecule has 9 rings (SSSR count). The van der Waals surface area contributed by atoms with Crippen LogP contribution in [0.15, 0.2) is 140 Å². The molecule has 6 nitrogen and oxygen atoms in total. The van der Waals surface area contributed by atoms with E-state index < -0.39 is 42.0 Å². The maximum Gasteiger partial charge on any atom is 0.503 e. The fourth-order valence-electron chi connectivity index (χ4n) is 7.93. The second-order valence-corrected chi connectivity index (χ2v) is 18.6. The lowest BCUT2D eigenvalue weighted by Gasteiger charge is -2.21. The molecule has 8 aromatic rings. The number of benzene rings is 5. The lowest BCUT2D eigenvalue weighted by Crippen LogP contribution is -2.16. The number of fused-ring (bicyclic) bond motifs is 4. The predicted octanol–water partition coefficient (Wildman–Crippen LogP) is 14.1. The first-order chi connectivity index (χ1) is 31.4. The maximum atomic E-state index is 9.15. The van der Waals surface area contributed by atoms with Gasteiger partial charge in [0.05, 0.1) is 33.7 Å². The van der Waals surface area contributed by atoms with Crippen molar-refractivity contribution >= 4 is 50.7 Å². The number of aromatic nitrogens is 3. The molecular formula is C54H53N5O+2. The van der Waals surface area contributed by atoms with Crippen LogP contribution in [0.5, 0.6) is 11.5 Å². The minimum Gasteiger partial charge on any atom is -0.457 e. The Morgan fingerprint density at radius 1 is 0.633 bits per heavy atom. The highest BCUT2D eigenvalue weighted by Gasteiger charge is 2.41. The summed E-state index contributed by atoms with van der Waals surface area (Å²) >= 11 is 0. The highest BCUT2D eigenvalue weighted by atomic mass is 16.5. The van der Waals surface area contributed by atoms with Crippen molar-refractivity contribution in [3.8, 4) is 28.4 Å². The summed E-state index contributed by atoms with van der Waals surface area (Å²) in [6.07, 6.45) is 3.67. The molecule has 298 valence electrons. The smallest absolute Gasteiger partial charge is 0.457 e. The van der Waals surface area contributed by atoms with Crippen molar-refractivity contribution < 1.29 is 14.3 Å². The van der Waals surface area contributed by atoms with E-state index in [1.54, 1.807) is 6.07 Å². The van der Waals surface area contributed by atoms with Crippen LogP contribution in [0.2, 0.25) is 0 Å². The molecule has 0 unspecified atom stereocenters. The Morgan fingerprint density at radius 2 is 1.38 bits per heavy atom. The molecule has 0 saturated heterocycles. The van der Waals surface area contributed by atoms with Gasteiger partial charge in [-0.2, -0.15) is 0 Å². The first-order valence-electron chi connectivity index (χ1n) is 23.8. The van der Waals surface area contributed by atoms with Gasteiger partial charge in [-0.05, 0) is 97.5 Å². The van der Waals surface area contributed by atoms with Crippen molar-refractivity contribution in [1.82, 2.24) is 23.7 Å². The van der Waals surface area contributed by atoms with Gasteiger partial charge in [0.25, 0.3) is 11.4 Å². The molecule has 1 aliphatic rings. The van der Waals surface area contributed by atoms with E-state index in [1.165, 1.54) is 5.56 Å². The quantitative estimate of drug-likeness (QED) is 0.158. The highest BCUT2D eigenvalue weighted by molar-refractivity contribution is 6.07. The van der Waals surface area contributed by atoms with Crippen LogP contribution in [0.25, 0.3) is 38.9 Å². The molecule has 1 aliphatic heterocycles. The second kappa shape index (κ2) is 14.3. The minimum absolute atomic E-state index is 0.0109. The molecule has 0 spiro atoms. The van der Waals surface area contributed by atoms with Crippen molar-refractivity contribution in [3.63, 3.8) is 0 Å². The van der Waals surface area contributed by atoms with Crippen LogP contribution in [0.3, 0.4) is 0 Å². The van der Waals surface area contributed by atoms with Crippen molar-refractivity contribution in [1.29, 1.82) is 0 Å². The Kier molecular flexibility index (Phi) is 7.46. The zero-order chi connectivity index (χ0) is 48.1. The van der Waals surface area contributed by atoms with Gasteiger partial charge < -0.3 is 4.74 Å². The number of pyridine rings is 2. The predicted molar refractivity (Wildman–Crippen MR) is 250 cm³/mol. The zero-order valence-corrected chi connectivity index (χ0v) is 35.6. The third-order valence-electron chi connectivity index (χ3n) is 11.1. The maximum absolute atomic E-state index is 9.15. The third kappa shape index (κ3) is 7.01. The van der Waals surface area contributed by atoms with Crippen LogP contribution < -0.4 is 13.9 Å². The SMILES string of the molecule is [2H]c1c([2H])c(C([2H])([2H])[2H])c([2H])c([2H])c1-c1cccc(C(C)(C)C)c1[N+]1=C=[N+](c2cc(Oc3ccc4c5ncccc5n(-c5cc(C(C)(C)C)ccn5)c4c3)cc(C(C)(C)C)c2)c2ccccc21. The molecule has 5 aromatic carbocycles. The number of nitrogens with zero attached hydrogens (tertiary/aromatic N) is 5. The Hall–Kier alpha value is -6.62. The Labute approximate surface area is 363 Å². The molecule has 3 aromatic heterocycles. The van der Waals surface area contributed by atoms with E-state index >= 15 is 0 Å². The molecule has 0 N–H and O–H groups in total. The molecule has 0 amide bonds. The van der Waals surface area contributed by atoms with Crippen molar-refractivity contribution in [2.75, 3.05) is 0 Å². The summed E-state index contributed by atoms with van der Waals surface area (Å²) in [6, 6.07) is 35.6. The molecule has 6 heteroatoms. The summed E-state index contributed by atoms with van der Waals surface area (Å²) in [4.78, 5) is 9.63. The fourth-order valence-corrected chi connectivity index (χ4v) is 7.93. The van der Waals surface area contributed by atoms with Gasteiger partial charge in [-0.15, -0.1) is 0 Å². The van der Waals surface area contributed by atoms with Crippen LogP contribution in [0.4, 0.5) is 22.7 Å². The molecule has 4 heterocycles. The summed E-state index contributed by atoms with van der Waals surface area (Å²) in [5, 5.41) is 0.976. The van der Waals surface area contributed by atoms with Crippen LogP contribution in [-0.2, 0) is 16.2 Å². The monoisotopic (exact) mass is 794 g/mol. The van der Waals surface area contributed by atoms with Gasteiger partial charge >= 0.3 is 6.01 Å². The van der Waals surface area contributed by atoms with Gasteiger partial charge in [0.2, 0.25) is 11.4 Å². The van der Waals surface area contributed by atoms with Gasteiger partial charge in [-0.25, -0.2) is 4.98 Å². The molecule has 0 saturated carbocycles. The number of ether oxygens (including phenoxy) is 1. The summed E-state index contributed by atoms with van der Waals surface area (Å²) in [5.41, 5.74) is 7.74. The highest BCUT2D eigenvalue weighted by Crippen LogP contribution is 2.45. The van der Waals surface area contributed by atoms with E-state index in [-0.39, 0.29) is 16.4 Å². The van der Waals surface area contributed by atoms with Crippen molar-refractivity contribution in [2.45, 2.75) is 85.4 Å². The molecule has 0 fully saturated rings. The number of para-hydroxylation sites is 3. The van der Waals surface area contributed by atoms with Crippen LogP contribution >= 0.6 is 0 Å².